The van der Waals surface area contributed by atoms with E-state index in [9.17, 15) is 9.59 Å². The Morgan fingerprint density at radius 1 is 1.16 bits per heavy atom. The van der Waals surface area contributed by atoms with E-state index in [-0.39, 0.29) is 23.1 Å². The summed E-state index contributed by atoms with van der Waals surface area (Å²) in [7, 11) is 1.72. The van der Waals surface area contributed by atoms with E-state index < -0.39 is 0 Å². The fourth-order valence-corrected chi connectivity index (χ4v) is 4.51. The summed E-state index contributed by atoms with van der Waals surface area (Å²) in [5.74, 6) is 0.483. The third-order valence-corrected chi connectivity index (χ3v) is 5.77. The Morgan fingerprint density at radius 2 is 1.80 bits per heavy atom. The molecule has 3 rings (SSSR count). The largest absolute Gasteiger partial charge is 0.384 e. The van der Waals surface area contributed by atoms with Crippen LogP contribution in [-0.4, -0.2) is 61.5 Å². The number of nitrogens with zero attached hydrogens (tertiary/aromatic N) is 2. The van der Waals surface area contributed by atoms with Crippen LogP contribution in [0.2, 0.25) is 0 Å². The van der Waals surface area contributed by atoms with Crippen LogP contribution < -0.4 is 0 Å². The van der Waals surface area contributed by atoms with Crippen molar-refractivity contribution >= 4 is 11.8 Å². The van der Waals surface area contributed by atoms with Gasteiger partial charge in [0.1, 0.15) is 0 Å². The molecule has 0 radical (unpaired) electrons. The maximum absolute atomic E-state index is 13.0. The monoisotopic (exact) mass is 344 g/mol. The van der Waals surface area contributed by atoms with Gasteiger partial charge in [0.2, 0.25) is 5.91 Å². The second-order valence-corrected chi connectivity index (χ2v) is 7.77. The van der Waals surface area contributed by atoms with Crippen LogP contribution in [0, 0.1) is 25.2 Å². The van der Waals surface area contributed by atoms with Gasteiger partial charge < -0.3 is 14.5 Å². The summed E-state index contributed by atoms with van der Waals surface area (Å²) in [6.07, 6.45) is 0.881. The molecule has 0 aromatic heterocycles. The topological polar surface area (TPSA) is 49.9 Å². The summed E-state index contributed by atoms with van der Waals surface area (Å²) >= 11 is 0. The van der Waals surface area contributed by atoms with Crippen LogP contribution >= 0.6 is 0 Å². The molecule has 2 fully saturated rings. The van der Waals surface area contributed by atoms with Crippen LogP contribution in [0.4, 0.5) is 0 Å². The van der Waals surface area contributed by atoms with Crippen molar-refractivity contribution in [3.8, 4) is 0 Å². The number of aryl methyl sites for hydroxylation is 2. The first kappa shape index (κ1) is 17.9. The van der Waals surface area contributed by atoms with Gasteiger partial charge in [0.05, 0.1) is 6.61 Å². The summed E-state index contributed by atoms with van der Waals surface area (Å²) in [6, 6.07) is 6.00. The van der Waals surface area contributed by atoms with Crippen molar-refractivity contribution in [1.82, 2.24) is 9.80 Å². The Labute approximate surface area is 149 Å². The molecule has 0 aliphatic carbocycles. The number of carbonyl (C=O) groups excluding carboxylic acids is 2. The Kier molecular flexibility index (Phi) is 4.87. The van der Waals surface area contributed by atoms with Crippen molar-refractivity contribution in [2.75, 3.05) is 39.9 Å². The number of carbonyl (C=O) groups is 2. The minimum Gasteiger partial charge on any atom is -0.384 e. The molecular formula is C20H28N2O3. The number of likely N-dealkylation sites (tertiary alicyclic amines) is 2. The molecule has 1 aromatic rings. The number of benzene rings is 1. The molecule has 25 heavy (non-hydrogen) atoms. The standard InChI is InChI=1S/C20H28N2O3/c1-14-7-15(2)9-17(8-14)19(24)21-6-5-20(13-25-4)12-22(16(3)23)11-18(20)10-21/h7-9,18H,5-6,10-13H2,1-4H3/t18-,20+/m1/s1. The molecule has 0 unspecified atom stereocenters. The second kappa shape index (κ2) is 6.79. The van der Waals surface area contributed by atoms with Crippen molar-refractivity contribution in [2.24, 2.45) is 11.3 Å². The third-order valence-electron chi connectivity index (χ3n) is 5.77. The number of rotatable bonds is 3. The highest BCUT2D eigenvalue weighted by Crippen LogP contribution is 2.43. The van der Waals surface area contributed by atoms with Gasteiger partial charge in [-0.25, -0.2) is 0 Å². The summed E-state index contributed by atoms with van der Waals surface area (Å²) < 4.78 is 5.48. The molecule has 2 saturated heterocycles. The van der Waals surface area contributed by atoms with E-state index in [1.54, 1.807) is 14.0 Å². The summed E-state index contributed by atoms with van der Waals surface area (Å²) in [5, 5.41) is 0. The van der Waals surface area contributed by atoms with Crippen LogP contribution in [0.1, 0.15) is 34.8 Å². The molecule has 2 atom stereocenters. The van der Waals surface area contributed by atoms with E-state index in [2.05, 4.69) is 6.07 Å². The van der Waals surface area contributed by atoms with Crippen LogP contribution in [0.3, 0.4) is 0 Å². The minimum absolute atomic E-state index is 0.0142. The lowest BCUT2D eigenvalue weighted by Gasteiger charge is -2.43. The smallest absolute Gasteiger partial charge is 0.253 e. The van der Waals surface area contributed by atoms with Crippen LogP contribution in [-0.2, 0) is 9.53 Å². The molecule has 2 amide bonds. The molecule has 0 N–H and O–H groups in total. The second-order valence-electron chi connectivity index (χ2n) is 7.77. The number of hydrogen-bond acceptors (Lipinski definition) is 3. The number of hydrogen-bond donors (Lipinski definition) is 0. The molecular weight excluding hydrogens is 316 g/mol. The first-order chi connectivity index (χ1) is 11.8. The summed E-state index contributed by atoms with van der Waals surface area (Å²) in [6.45, 7) is 9.18. The third kappa shape index (κ3) is 3.43. The molecule has 0 saturated carbocycles. The van der Waals surface area contributed by atoms with Gasteiger partial charge in [-0.3, -0.25) is 9.59 Å². The lowest BCUT2D eigenvalue weighted by Crippen LogP contribution is -2.50. The Bertz CT molecular complexity index is 667. The van der Waals surface area contributed by atoms with Gasteiger partial charge in [-0.2, -0.15) is 0 Å². The Balaban J connectivity index is 1.79. The van der Waals surface area contributed by atoms with Gasteiger partial charge >= 0.3 is 0 Å². The highest BCUT2D eigenvalue weighted by Gasteiger charge is 2.50. The van der Waals surface area contributed by atoms with Crippen molar-refractivity contribution < 1.29 is 14.3 Å². The maximum atomic E-state index is 13.0. The normalized spacial score (nSPS) is 25.8. The maximum Gasteiger partial charge on any atom is 0.253 e. The number of ether oxygens (including phenoxy) is 1. The van der Waals surface area contributed by atoms with Crippen molar-refractivity contribution in [3.63, 3.8) is 0 Å². The average Bonchev–Trinajstić information content (AvgIpc) is 2.92. The summed E-state index contributed by atoms with van der Waals surface area (Å²) in [4.78, 5) is 28.7. The zero-order chi connectivity index (χ0) is 18.2. The SMILES string of the molecule is COC[C@@]12CCN(C(=O)c3cc(C)cc(C)c3)C[C@@H]1CN(C(C)=O)C2. The molecule has 1 aromatic carbocycles. The predicted molar refractivity (Wildman–Crippen MR) is 96.5 cm³/mol. The quantitative estimate of drug-likeness (QED) is 0.845. The molecule has 136 valence electrons. The Morgan fingerprint density at radius 3 is 2.40 bits per heavy atom. The zero-order valence-corrected chi connectivity index (χ0v) is 15.7. The number of fused-ring (bicyclic) bond motifs is 1. The predicted octanol–water partition coefficient (Wildman–Crippen LogP) is 2.26. The first-order valence-electron chi connectivity index (χ1n) is 8.97. The molecule has 2 aliphatic rings. The molecule has 0 bridgehead atoms. The van der Waals surface area contributed by atoms with Gasteiger partial charge in [0.15, 0.2) is 0 Å². The van der Waals surface area contributed by atoms with E-state index in [0.29, 0.717) is 13.2 Å². The first-order valence-corrected chi connectivity index (χ1v) is 8.97. The number of piperidine rings is 1. The number of amides is 2. The van der Waals surface area contributed by atoms with Gasteiger partial charge in [-0.1, -0.05) is 17.2 Å². The molecule has 2 aliphatic heterocycles. The van der Waals surface area contributed by atoms with Crippen LogP contribution in [0.15, 0.2) is 18.2 Å². The van der Waals surface area contributed by atoms with E-state index in [1.807, 2.05) is 35.8 Å². The lowest BCUT2D eigenvalue weighted by molar-refractivity contribution is -0.128. The van der Waals surface area contributed by atoms with E-state index in [4.69, 9.17) is 4.74 Å². The average molecular weight is 344 g/mol. The highest BCUT2D eigenvalue weighted by atomic mass is 16.5. The van der Waals surface area contributed by atoms with E-state index in [0.717, 1.165) is 42.7 Å². The van der Waals surface area contributed by atoms with Crippen LogP contribution in [0.25, 0.3) is 0 Å². The number of methoxy groups -OCH3 is 1. The van der Waals surface area contributed by atoms with Crippen molar-refractivity contribution in [3.05, 3.63) is 34.9 Å². The minimum atomic E-state index is -0.0142. The van der Waals surface area contributed by atoms with Crippen molar-refractivity contribution in [2.45, 2.75) is 27.2 Å². The Hall–Kier alpha value is -1.88. The highest BCUT2D eigenvalue weighted by molar-refractivity contribution is 5.94. The lowest BCUT2D eigenvalue weighted by atomic mass is 9.73. The van der Waals surface area contributed by atoms with E-state index in [1.165, 1.54) is 0 Å². The van der Waals surface area contributed by atoms with Crippen molar-refractivity contribution in [1.29, 1.82) is 0 Å². The van der Waals surface area contributed by atoms with Gasteiger partial charge in [-0.05, 0) is 32.4 Å². The zero-order valence-electron chi connectivity index (χ0n) is 15.7. The molecule has 5 heteroatoms. The van der Waals surface area contributed by atoms with Gasteiger partial charge in [0.25, 0.3) is 5.91 Å². The fraction of sp³-hybridized carbons (Fsp3) is 0.600. The van der Waals surface area contributed by atoms with Gasteiger partial charge in [-0.15, -0.1) is 0 Å². The molecule has 5 nitrogen and oxygen atoms in total. The molecule has 0 spiro atoms. The fourth-order valence-electron chi connectivity index (χ4n) is 4.51. The van der Waals surface area contributed by atoms with E-state index >= 15 is 0 Å². The van der Waals surface area contributed by atoms with Gasteiger partial charge in [0, 0.05) is 57.1 Å². The molecule has 2 heterocycles. The summed E-state index contributed by atoms with van der Waals surface area (Å²) in [5.41, 5.74) is 2.97. The van der Waals surface area contributed by atoms with Crippen LogP contribution in [0.5, 0.6) is 0 Å².